The Balaban J connectivity index is 2.24. The zero-order chi connectivity index (χ0) is 8.81. The summed E-state index contributed by atoms with van der Waals surface area (Å²) >= 11 is 0. The first kappa shape index (κ1) is 9.56. The van der Waals surface area contributed by atoms with Gasteiger partial charge in [-0.15, -0.1) is 0 Å². The molecule has 0 aromatic rings. The number of carbonyl (C=O) groups is 1. The summed E-state index contributed by atoms with van der Waals surface area (Å²) in [5, 5.41) is 2.69. The maximum Gasteiger partial charge on any atom is 0.220 e. The molecule has 0 heterocycles. The van der Waals surface area contributed by atoms with Gasteiger partial charge < -0.3 is 5.32 Å². The Morgan fingerprint density at radius 2 is 1.83 bits per heavy atom. The Labute approximate surface area is 74.7 Å². The van der Waals surface area contributed by atoms with E-state index in [9.17, 15) is 4.79 Å². The Kier molecular flexibility index (Phi) is 4.12. The van der Waals surface area contributed by atoms with E-state index >= 15 is 0 Å². The minimum absolute atomic E-state index is 0.210. The van der Waals surface area contributed by atoms with E-state index in [1.54, 1.807) is 7.05 Å². The molecule has 0 aliphatic heterocycles. The highest BCUT2D eigenvalue weighted by Crippen LogP contribution is 2.24. The van der Waals surface area contributed by atoms with Crippen molar-refractivity contribution in [2.75, 3.05) is 7.05 Å². The van der Waals surface area contributed by atoms with Crippen molar-refractivity contribution >= 4 is 5.91 Å². The molecule has 1 saturated carbocycles. The van der Waals surface area contributed by atoms with Gasteiger partial charge >= 0.3 is 0 Å². The summed E-state index contributed by atoms with van der Waals surface area (Å²) in [4.78, 5) is 11.1. The van der Waals surface area contributed by atoms with Gasteiger partial charge in [0.05, 0.1) is 0 Å². The standard InChI is InChI=1S/C10H19NO/c1-11-10(12)8-9-6-4-2-3-5-7-9/h9H,2-8H2,1H3,(H,11,12). The molecule has 0 unspecified atom stereocenters. The lowest BCUT2D eigenvalue weighted by molar-refractivity contribution is -0.121. The van der Waals surface area contributed by atoms with E-state index in [1.807, 2.05) is 0 Å². The van der Waals surface area contributed by atoms with Crippen LogP contribution < -0.4 is 5.32 Å². The first-order valence-corrected chi connectivity index (χ1v) is 5.03. The zero-order valence-electron chi connectivity index (χ0n) is 7.94. The predicted octanol–water partition coefficient (Wildman–Crippen LogP) is 2.09. The quantitative estimate of drug-likeness (QED) is 0.630. The van der Waals surface area contributed by atoms with Crippen molar-refractivity contribution < 1.29 is 4.79 Å². The van der Waals surface area contributed by atoms with Crippen molar-refractivity contribution in [1.82, 2.24) is 5.32 Å². The van der Waals surface area contributed by atoms with Gasteiger partial charge in [0, 0.05) is 13.5 Å². The Morgan fingerprint density at radius 3 is 2.33 bits per heavy atom. The van der Waals surface area contributed by atoms with Gasteiger partial charge in [0.2, 0.25) is 5.91 Å². The van der Waals surface area contributed by atoms with Crippen LogP contribution in [0, 0.1) is 5.92 Å². The lowest BCUT2D eigenvalue weighted by Gasteiger charge is -2.11. The highest BCUT2D eigenvalue weighted by molar-refractivity contribution is 5.75. The first-order valence-electron chi connectivity index (χ1n) is 5.03. The van der Waals surface area contributed by atoms with Gasteiger partial charge in [-0.1, -0.05) is 25.7 Å². The summed E-state index contributed by atoms with van der Waals surface area (Å²) in [6.45, 7) is 0. The van der Waals surface area contributed by atoms with Gasteiger partial charge in [-0.2, -0.15) is 0 Å². The lowest BCUT2D eigenvalue weighted by Crippen LogP contribution is -2.21. The average molecular weight is 169 g/mol. The second kappa shape index (κ2) is 5.18. The minimum atomic E-state index is 0.210. The highest BCUT2D eigenvalue weighted by Gasteiger charge is 2.14. The number of amides is 1. The molecule has 1 rings (SSSR count). The van der Waals surface area contributed by atoms with E-state index in [-0.39, 0.29) is 5.91 Å². The van der Waals surface area contributed by atoms with Crippen LogP contribution in [-0.2, 0) is 4.79 Å². The molecule has 0 saturated heterocycles. The number of hydrogen-bond acceptors (Lipinski definition) is 1. The molecule has 1 aliphatic rings. The molecule has 1 aliphatic carbocycles. The SMILES string of the molecule is CNC(=O)CC1CCCCCC1. The fraction of sp³-hybridized carbons (Fsp3) is 0.900. The van der Waals surface area contributed by atoms with Crippen LogP contribution in [0.4, 0.5) is 0 Å². The largest absolute Gasteiger partial charge is 0.359 e. The van der Waals surface area contributed by atoms with Gasteiger partial charge in [-0.3, -0.25) is 4.79 Å². The molecule has 70 valence electrons. The lowest BCUT2D eigenvalue weighted by atomic mass is 9.96. The maximum absolute atomic E-state index is 11.1. The molecule has 12 heavy (non-hydrogen) atoms. The van der Waals surface area contributed by atoms with E-state index in [2.05, 4.69) is 5.32 Å². The van der Waals surface area contributed by atoms with Gasteiger partial charge in [0.1, 0.15) is 0 Å². The molecule has 0 radical (unpaired) electrons. The summed E-state index contributed by atoms with van der Waals surface area (Å²) < 4.78 is 0. The molecular formula is C10H19NO. The van der Waals surface area contributed by atoms with Crippen LogP contribution in [0.5, 0.6) is 0 Å². The molecule has 1 fully saturated rings. The second-order valence-electron chi connectivity index (χ2n) is 3.73. The van der Waals surface area contributed by atoms with E-state index in [4.69, 9.17) is 0 Å². The molecule has 0 atom stereocenters. The second-order valence-corrected chi connectivity index (χ2v) is 3.73. The topological polar surface area (TPSA) is 29.1 Å². The molecular weight excluding hydrogens is 150 g/mol. The normalized spacial score (nSPS) is 20.1. The monoisotopic (exact) mass is 169 g/mol. The molecule has 2 nitrogen and oxygen atoms in total. The van der Waals surface area contributed by atoms with Gasteiger partial charge in [-0.05, 0) is 18.8 Å². The molecule has 1 N–H and O–H groups in total. The molecule has 0 aromatic heterocycles. The number of hydrogen-bond donors (Lipinski definition) is 1. The smallest absolute Gasteiger partial charge is 0.220 e. The summed E-state index contributed by atoms with van der Waals surface area (Å²) in [7, 11) is 1.72. The van der Waals surface area contributed by atoms with E-state index < -0.39 is 0 Å². The van der Waals surface area contributed by atoms with E-state index in [1.165, 1.54) is 38.5 Å². The third kappa shape index (κ3) is 3.24. The summed E-state index contributed by atoms with van der Waals surface area (Å²) in [5.41, 5.74) is 0. The fourth-order valence-electron chi connectivity index (χ4n) is 1.93. The van der Waals surface area contributed by atoms with Crippen molar-refractivity contribution in [3.05, 3.63) is 0 Å². The van der Waals surface area contributed by atoms with Gasteiger partial charge in [0.25, 0.3) is 0 Å². The molecule has 0 spiro atoms. The average Bonchev–Trinajstić information content (AvgIpc) is 2.33. The summed E-state index contributed by atoms with van der Waals surface area (Å²) in [6, 6.07) is 0. The van der Waals surface area contributed by atoms with Crippen molar-refractivity contribution in [2.24, 2.45) is 5.92 Å². The molecule has 2 heteroatoms. The highest BCUT2D eigenvalue weighted by atomic mass is 16.1. The third-order valence-electron chi connectivity index (χ3n) is 2.73. The van der Waals surface area contributed by atoms with Crippen LogP contribution >= 0.6 is 0 Å². The van der Waals surface area contributed by atoms with Crippen molar-refractivity contribution in [3.8, 4) is 0 Å². The van der Waals surface area contributed by atoms with Crippen molar-refractivity contribution in [2.45, 2.75) is 44.9 Å². The van der Waals surface area contributed by atoms with Crippen molar-refractivity contribution in [3.63, 3.8) is 0 Å². The maximum atomic E-state index is 11.1. The fourth-order valence-corrected chi connectivity index (χ4v) is 1.93. The molecule has 0 bridgehead atoms. The van der Waals surface area contributed by atoms with E-state index in [0.29, 0.717) is 5.92 Å². The summed E-state index contributed by atoms with van der Waals surface area (Å²) in [6.07, 6.45) is 8.63. The molecule has 0 aromatic carbocycles. The van der Waals surface area contributed by atoms with Gasteiger partial charge in [-0.25, -0.2) is 0 Å². The van der Waals surface area contributed by atoms with Crippen LogP contribution in [0.3, 0.4) is 0 Å². The van der Waals surface area contributed by atoms with Crippen LogP contribution in [0.1, 0.15) is 44.9 Å². The minimum Gasteiger partial charge on any atom is -0.359 e. The van der Waals surface area contributed by atoms with Crippen LogP contribution in [0.25, 0.3) is 0 Å². The Hall–Kier alpha value is -0.530. The summed E-state index contributed by atoms with van der Waals surface area (Å²) in [5.74, 6) is 0.870. The van der Waals surface area contributed by atoms with E-state index in [0.717, 1.165) is 6.42 Å². The number of nitrogens with one attached hydrogen (secondary N) is 1. The Morgan fingerprint density at radius 1 is 1.25 bits per heavy atom. The number of carbonyl (C=O) groups excluding carboxylic acids is 1. The Bertz CT molecular complexity index is 137. The molecule has 1 amide bonds. The first-order chi connectivity index (χ1) is 5.83. The third-order valence-corrected chi connectivity index (χ3v) is 2.73. The predicted molar refractivity (Wildman–Crippen MR) is 49.9 cm³/mol. The van der Waals surface area contributed by atoms with Crippen LogP contribution in [0.15, 0.2) is 0 Å². The zero-order valence-corrected chi connectivity index (χ0v) is 7.94. The van der Waals surface area contributed by atoms with Crippen molar-refractivity contribution in [1.29, 1.82) is 0 Å². The van der Waals surface area contributed by atoms with Crippen LogP contribution in [-0.4, -0.2) is 13.0 Å². The van der Waals surface area contributed by atoms with Gasteiger partial charge in [0.15, 0.2) is 0 Å². The van der Waals surface area contributed by atoms with Crippen LogP contribution in [0.2, 0.25) is 0 Å². The number of rotatable bonds is 2.